The van der Waals surface area contributed by atoms with Crippen LogP contribution in [0.4, 0.5) is 5.69 Å². The van der Waals surface area contributed by atoms with Gasteiger partial charge in [0.25, 0.3) is 0 Å². The van der Waals surface area contributed by atoms with Gasteiger partial charge in [0.2, 0.25) is 0 Å². The number of para-hydroxylation sites is 2. The third-order valence-electron chi connectivity index (χ3n) is 5.96. The van der Waals surface area contributed by atoms with E-state index in [2.05, 4.69) is 101 Å². The number of nitrogens with zero attached hydrogens (tertiary/aromatic N) is 3. The maximum atomic E-state index is 2.44. The third-order valence-corrected chi connectivity index (χ3v) is 5.96. The first-order valence-corrected chi connectivity index (χ1v) is 9.60. The van der Waals surface area contributed by atoms with Crippen molar-refractivity contribution in [1.29, 1.82) is 0 Å². The molecule has 3 heterocycles. The van der Waals surface area contributed by atoms with E-state index in [1.54, 1.807) is 0 Å². The summed E-state index contributed by atoms with van der Waals surface area (Å²) in [5.41, 5.74) is 5.20. The van der Waals surface area contributed by atoms with Crippen LogP contribution < -0.4 is 4.90 Å². The maximum absolute atomic E-state index is 2.44. The second-order valence-corrected chi connectivity index (χ2v) is 7.74. The Balaban J connectivity index is 1.74. The molecular formula is C24H21N3. The molecule has 0 saturated heterocycles. The first-order chi connectivity index (χ1) is 13.2. The Hall–Kier alpha value is -3.20. The molecule has 27 heavy (non-hydrogen) atoms. The fraction of sp³-hybridized carbons (Fsp3) is 0.167. The highest BCUT2D eigenvalue weighted by Gasteiger charge is 2.23. The molecule has 0 saturated carbocycles. The van der Waals surface area contributed by atoms with Gasteiger partial charge in [-0.25, -0.2) is 0 Å². The van der Waals surface area contributed by atoms with Crippen molar-refractivity contribution in [3.8, 4) is 0 Å². The summed E-state index contributed by atoms with van der Waals surface area (Å²) in [7, 11) is 0. The van der Waals surface area contributed by atoms with Crippen LogP contribution in [0.5, 0.6) is 0 Å². The zero-order valence-electron chi connectivity index (χ0n) is 15.6. The largest absolute Gasteiger partial charge is 0.356 e. The molecule has 2 aromatic heterocycles. The molecule has 0 bridgehead atoms. The van der Waals surface area contributed by atoms with Gasteiger partial charge in [-0.15, -0.1) is 0 Å². The van der Waals surface area contributed by atoms with Crippen LogP contribution in [-0.2, 0) is 0 Å². The van der Waals surface area contributed by atoms with E-state index in [0.717, 1.165) is 6.67 Å². The number of anilines is 1. The lowest BCUT2D eigenvalue weighted by Crippen LogP contribution is -2.30. The van der Waals surface area contributed by atoms with Crippen LogP contribution in [0.1, 0.15) is 13.8 Å². The molecule has 3 heteroatoms. The SMILES string of the molecule is CC(C)N1C=CN(c2ccc3c4ccccc4n4c5ccccc5c2c34)C1. The smallest absolute Gasteiger partial charge is 0.0944 e. The molecule has 0 amide bonds. The summed E-state index contributed by atoms with van der Waals surface area (Å²) in [4.78, 5) is 4.74. The first kappa shape index (κ1) is 14.9. The zero-order chi connectivity index (χ0) is 18.1. The lowest BCUT2D eigenvalue weighted by atomic mass is 10.1. The van der Waals surface area contributed by atoms with Crippen molar-refractivity contribution in [2.24, 2.45) is 0 Å². The van der Waals surface area contributed by atoms with Gasteiger partial charge in [-0.05, 0) is 32.0 Å². The lowest BCUT2D eigenvalue weighted by molar-refractivity contribution is 0.336. The van der Waals surface area contributed by atoms with E-state index in [4.69, 9.17) is 0 Å². The molecule has 0 fully saturated rings. The van der Waals surface area contributed by atoms with E-state index >= 15 is 0 Å². The lowest BCUT2D eigenvalue weighted by Gasteiger charge is -2.25. The predicted octanol–water partition coefficient (Wildman–Crippen LogP) is 5.80. The molecule has 1 aliphatic rings. The first-order valence-electron chi connectivity index (χ1n) is 9.60. The van der Waals surface area contributed by atoms with Gasteiger partial charge in [0, 0.05) is 40.0 Å². The van der Waals surface area contributed by atoms with Crippen LogP contribution in [0.3, 0.4) is 0 Å². The zero-order valence-corrected chi connectivity index (χ0v) is 15.6. The molecular weight excluding hydrogens is 330 g/mol. The van der Waals surface area contributed by atoms with E-state index in [1.165, 1.54) is 43.8 Å². The minimum Gasteiger partial charge on any atom is -0.356 e. The van der Waals surface area contributed by atoms with Crippen molar-refractivity contribution in [3.63, 3.8) is 0 Å². The Morgan fingerprint density at radius 2 is 1.44 bits per heavy atom. The van der Waals surface area contributed by atoms with Gasteiger partial charge in [0.1, 0.15) is 0 Å². The highest BCUT2D eigenvalue weighted by molar-refractivity contribution is 6.26. The van der Waals surface area contributed by atoms with Gasteiger partial charge < -0.3 is 14.2 Å². The molecule has 0 aliphatic carbocycles. The van der Waals surface area contributed by atoms with Gasteiger partial charge in [0.15, 0.2) is 0 Å². The minimum absolute atomic E-state index is 0.502. The highest BCUT2D eigenvalue weighted by atomic mass is 15.3. The Bertz CT molecular complexity index is 1340. The van der Waals surface area contributed by atoms with Crippen molar-refractivity contribution >= 4 is 43.8 Å². The fourth-order valence-electron chi connectivity index (χ4n) is 4.61. The minimum atomic E-state index is 0.502. The molecule has 0 spiro atoms. The average molecular weight is 351 g/mol. The topological polar surface area (TPSA) is 10.9 Å². The van der Waals surface area contributed by atoms with E-state index in [-0.39, 0.29) is 0 Å². The average Bonchev–Trinajstić information content (AvgIpc) is 3.39. The molecule has 6 rings (SSSR count). The van der Waals surface area contributed by atoms with E-state index < -0.39 is 0 Å². The summed E-state index contributed by atoms with van der Waals surface area (Å²) in [5, 5.41) is 5.35. The van der Waals surface area contributed by atoms with E-state index in [0.29, 0.717) is 6.04 Å². The Kier molecular flexibility index (Phi) is 2.85. The third kappa shape index (κ3) is 1.86. The Labute approximate surface area is 158 Å². The molecule has 3 nitrogen and oxygen atoms in total. The molecule has 0 radical (unpaired) electrons. The fourth-order valence-corrected chi connectivity index (χ4v) is 4.61. The van der Waals surface area contributed by atoms with Crippen LogP contribution in [-0.4, -0.2) is 22.0 Å². The molecule has 5 aromatic rings. The second kappa shape index (κ2) is 5.17. The summed E-state index contributed by atoms with van der Waals surface area (Å²) >= 11 is 0. The van der Waals surface area contributed by atoms with Crippen LogP contribution in [0.2, 0.25) is 0 Å². The van der Waals surface area contributed by atoms with Gasteiger partial charge in [-0.2, -0.15) is 0 Å². The predicted molar refractivity (Wildman–Crippen MR) is 115 cm³/mol. The van der Waals surface area contributed by atoms with Gasteiger partial charge >= 0.3 is 0 Å². The van der Waals surface area contributed by atoms with E-state index in [1.807, 2.05) is 0 Å². The summed E-state index contributed by atoms with van der Waals surface area (Å²) in [6.45, 7) is 5.38. The monoisotopic (exact) mass is 351 g/mol. The van der Waals surface area contributed by atoms with Gasteiger partial charge in [-0.3, -0.25) is 0 Å². The highest BCUT2D eigenvalue weighted by Crippen LogP contribution is 2.43. The summed E-state index contributed by atoms with van der Waals surface area (Å²) < 4.78 is 2.44. The molecule has 0 N–H and O–H groups in total. The van der Waals surface area contributed by atoms with E-state index in [9.17, 15) is 0 Å². The van der Waals surface area contributed by atoms with Crippen LogP contribution in [0, 0.1) is 0 Å². The Morgan fingerprint density at radius 3 is 2.19 bits per heavy atom. The molecule has 3 aromatic carbocycles. The number of hydrogen-bond acceptors (Lipinski definition) is 2. The van der Waals surface area contributed by atoms with Crippen LogP contribution >= 0.6 is 0 Å². The molecule has 0 unspecified atom stereocenters. The molecule has 132 valence electrons. The number of fused-ring (bicyclic) bond motifs is 6. The van der Waals surface area contributed by atoms with Gasteiger partial charge in [-0.1, -0.05) is 42.5 Å². The molecule has 1 aliphatic heterocycles. The van der Waals surface area contributed by atoms with Crippen molar-refractivity contribution in [1.82, 2.24) is 9.30 Å². The number of benzene rings is 3. The number of rotatable bonds is 2. The van der Waals surface area contributed by atoms with Crippen molar-refractivity contribution in [2.45, 2.75) is 19.9 Å². The summed E-state index contributed by atoms with van der Waals surface area (Å²) in [5.74, 6) is 0. The quantitative estimate of drug-likeness (QED) is 0.398. The van der Waals surface area contributed by atoms with Crippen molar-refractivity contribution in [3.05, 3.63) is 73.1 Å². The Morgan fingerprint density at radius 1 is 0.741 bits per heavy atom. The van der Waals surface area contributed by atoms with Crippen LogP contribution in [0.15, 0.2) is 73.1 Å². The maximum Gasteiger partial charge on any atom is 0.0944 e. The summed E-state index contributed by atoms with van der Waals surface area (Å²) in [6, 6.07) is 22.6. The number of aromatic nitrogens is 1. The van der Waals surface area contributed by atoms with Crippen LogP contribution in [0.25, 0.3) is 38.1 Å². The molecule has 0 atom stereocenters. The second-order valence-electron chi connectivity index (χ2n) is 7.74. The van der Waals surface area contributed by atoms with Crippen molar-refractivity contribution < 1.29 is 0 Å². The summed E-state index contributed by atoms with van der Waals surface area (Å²) in [6.07, 6.45) is 4.42. The van der Waals surface area contributed by atoms with Crippen molar-refractivity contribution in [2.75, 3.05) is 11.6 Å². The standard InChI is InChI=1S/C24H21N3/c1-16(2)25-13-14-26(15-25)22-12-11-18-17-7-3-5-9-20(17)27-21-10-6-4-8-19(21)23(22)24(18)27/h3-14,16H,15H2,1-2H3. The number of hydrogen-bond donors (Lipinski definition) is 0. The van der Waals surface area contributed by atoms with Gasteiger partial charge in [0.05, 0.1) is 28.9 Å². The normalized spacial score (nSPS) is 14.9.